The van der Waals surface area contributed by atoms with Crippen LogP contribution in [-0.4, -0.2) is 64.9 Å². The van der Waals surface area contributed by atoms with E-state index in [1.165, 1.54) is 11.7 Å². The minimum Gasteiger partial charge on any atom is -0.469 e. The fourth-order valence-electron chi connectivity index (χ4n) is 4.80. The van der Waals surface area contributed by atoms with Crippen LogP contribution in [-0.2, 0) is 14.3 Å². The normalized spacial score (nSPS) is 20.9. The maximum absolute atomic E-state index is 14.0. The zero-order valence-electron chi connectivity index (χ0n) is 19.5. The number of fused-ring (bicyclic) bond motifs is 1. The second kappa shape index (κ2) is 10.1. The van der Waals surface area contributed by atoms with E-state index in [-0.39, 0.29) is 23.8 Å². The van der Waals surface area contributed by atoms with Crippen molar-refractivity contribution in [1.82, 2.24) is 19.5 Å². The number of imidazole rings is 1. The molecule has 2 fully saturated rings. The summed E-state index contributed by atoms with van der Waals surface area (Å²) in [6.45, 7) is 2.31. The van der Waals surface area contributed by atoms with E-state index in [1.807, 2.05) is 4.90 Å². The first-order chi connectivity index (χ1) is 17.0. The summed E-state index contributed by atoms with van der Waals surface area (Å²) in [7, 11) is 1.41. The van der Waals surface area contributed by atoms with Gasteiger partial charge in [0.25, 0.3) is 6.43 Å². The topological polar surface area (TPSA) is 94.4 Å². The number of halogens is 2. The highest BCUT2D eigenvalue weighted by Crippen LogP contribution is 2.31. The molecule has 9 nitrogen and oxygen atoms in total. The Morgan fingerprint density at radius 2 is 1.86 bits per heavy atom. The lowest BCUT2D eigenvalue weighted by Crippen LogP contribution is -2.37. The number of carbonyl (C=O) groups excluding carboxylic acids is 1. The summed E-state index contributed by atoms with van der Waals surface area (Å²) in [4.78, 5) is 27.4. The van der Waals surface area contributed by atoms with Gasteiger partial charge in [-0.2, -0.15) is 9.97 Å². The zero-order chi connectivity index (χ0) is 24.4. The van der Waals surface area contributed by atoms with Crippen LogP contribution in [0.15, 0.2) is 30.3 Å². The van der Waals surface area contributed by atoms with Crippen molar-refractivity contribution in [3.8, 4) is 5.82 Å². The van der Waals surface area contributed by atoms with Gasteiger partial charge in [0.1, 0.15) is 11.6 Å². The molecule has 11 heteroatoms. The highest BCUT2D eigenvalue weighted by molar-refractivity contribution is 5.78. The maximum atomic E-state index is 14.0. The number of ether oxygens (including phenoxy) is 2. The summed E-state index contributed by atoms with van der Waals surface area (Å²) in [5.74, 6) is 0.715. The van der Waals surface area contributed by atoms with Crippen LogP contribution >= 0.6 is 0 Å². The molecule has 1 aliphatic heterocycles. The molecule has 1 N–H and O–H groups in total. The molecule has 0 amide bonds. The average Bonchev–Trinajstić information content (AvgIpc) is 3.29. The van der Waals surface area contributed by atoms with Gasteiger partial charge in [-0.05, 0) is 37.8 Å². The van der Waals surface area contributed by atoms with Gasteiger partial charge >= 0.3 is 5.97 Å². The van der Waals surface area contributed by atoms with Gasteiger partial charge in [-0.15, -0.1) is 0 Å². The minimum atomic E-state index is -2.77. The van der Waals surface area contributed by atoms with Crippen molar-refractivity contribution in [3.05, 3.63) is 36.2 Å². The van der Waals surface area contributed by atoms with Gasteiger partial charge in [0.2, 0.25) is 5.95 Å². The number of carbonyl (C=O) groups is 1. The Morgan fingerprint density at radius 3 is 2.57 bits per heavy atom. The SMILES string of the molecule is COC(=O)C1CCC(Nc2cc(-n3c(C(F)F)nc4ccccc43)nc(N3CCOCC3)n2)CC1. The van der Waals surface area contributed by atoms with Crippen molar-refractivity contribution in [2.75, 3.05) is 43.6 Å². The Bertz CT molecular complexity index is 1190. The number of nitrogens with one attached hydrogen (secondary N) is 1. The third-order valence-corrected chi connectivity index (χ3v) is 6.62. The number of nitrogens with zero attached hydrogens (tertiary/aromatic N) is 5. The van der Waals surface area contributed by atoms with Gasteiger partial charge in [0, 0.05) is 25.2 Å². The fourth-order valence-corrected chi connectivity index (χ4v) is 4.80. The summed E-state index contributed by atoms with van der Waals surface area (Å²) >= 11 is 0. The van der Waals surface area contributed by atoms with E-state index < -0.39 is 6.43 Å². The molecule has 1 saturated heterocycles. The van der Waals surface area contributed by atoms with E-state index in [2.05, 4.69) is 15.3 Å². The molecule has 1 saturated carbocycles. The van der Waals surface area contributed by atoms with Crippen molar-refractivity contribution in [1.29, 1.82) is 0 Å². The number of methoxy groups -OCH3 is 1. The molecular weight excluding hydrogens is 458 g/mol. The molecule has 1 aromatic carbocycles. The lowest BCUT2D eigenvalue weighted by Gasteiger charge is -2.30. The molecule has 0 radical (unpaired) electrons. The first-order valence-electron chi connectivity index (χ1n) is 11.9. The van der Waals surface area contributed by atoms with Gasteiger partial charge in [0.15, 0.2) is 5.82 Å². The van der Waals surface area contributed by atoms with Crippen LogP contribution in [0.3, 0.4) is 0 Å². The Hall–Kier alpha value is -3.34. The molecule has 5 rings (SSSR count). The first kappa shape index (κ1) is 23.4. The van der Waals surface area contributed by atoms with Crippen LogP contribution in [0.25, 0.3) is 16.9 Å². The summed E-state index contributed by atoms with van der Waals surface area (Å²) in [6, 6.07) is 8.82. The molecule has 0 atom stereocenters. The van der Waals surface area contributed by atoms with Crippen LogP contribution in [0.2, 0.25) is 0 Å². The standard InChI is InChI=1S/C24H28F2N6O3/c1-34-23(33)15-6-8-16(9-7-15)27-19-14-20(30-24(29-19)31-10-12-35-13-11-31)32-18-5-3-2-4-17(18)28-22(32)21(25)26/h2-5,14-16,21H,6-13H2,1H3,(H,27,29,30). The van der Waals surface area contributed by atoms with Gasteiger partial charge in [0.05, 0.1) is 37.3 Å². The number of esters is 1. The van der Waals surface area contributed by atoms with Crippen molar-refractivity contribution in [2.24, 2.45) is 5.92 Å². The molecule has 0 spiro atoms. The Morgan fingerprint density at radius 1 is 1.11 bits per heavy atom. The molecule has 3 aromatic rings. The second-order valence-corrected chi connectivity index (χ2v) is 8.82. The molecule has 3 heterocycles. The van der Waals surface area contributed by atoms with E-state index in [1.54, 1.807) is 30.3 Å². The lowest BCUT2D eigenvalue weighted by atomic mass is 9.86. The van der Waals surface area contributed by atoms with E-state index in [0.29, 0.717) is 54.9 Å². The fraction of sp³-hybridized carbons (Fsp3) is 0.500. The van der Waals surface area contributed by atoms with Crippen LogP contribution < -0.4 is 10.2 Å². The van der Waals surface area contributed by atoms with E-state index in [4.69, 9.17) is 14.5 Å². The predicted octanol–water partition coefficient (Wildman–Crippen LogP) is 3.73. The van der Waals surface area contributed by atoms with Gasteiger partial charge in [-0.25, -0.2) is 13.8 Å². The highest BCUT2D eigenvalue weighted by Gasteiger charge is 2.28. The lowest BCUT2D eigenvalue weighted by molar-refractivity contribution is -0.146. The van der Waals surface area contributed by atoms with Crippen molar-refractivity contribution < 1.29 is 23.0 Å². The van der Waals surface area contributed by atoms with Crippen LogP contribution in [0, 0.1) is 5.92 Å². The Labute approximate surface area is 201 Å². The number of rotatable bonds is 6. The number of alkyl halides is 2. The number of aromatic nitrogens is 4. The molecule has 35 heavy (non-hydrogen) atoms. The molecule has 1 aliphatic carbocycles. The maximum Gasteiger partial charge on any atom is 0.308 e. The first-order valence-corrected chi connectivity index (χ1v) is 11.9. The number of benzene rings is 1. The Balaban J connectivity index is 1.50. The molecule has 2 aromatic heterocycles. The Kier molecular flexibility index (Phi) is 6.76. The monoisotopic (exact) mass is 486 g/mol. The van der Waals surface area contributed by atoms with Crippen LogP contribution in [0.5, 0.6) is 0 Å². The summed E-state index contributed by atoms with van der Waals surface area (Å²) in [6.07, 6.45) is 0.236. The summed E-state index contributed by atoms with van der Waals surface area (Å²) < 4.78 is 39.8. The summed E-state index contributed by atoms with van der Waals surface area (Å²) in [5, 5.41) is 3.45. The third-order valence-electron chi connectivity index (χ3n) is 6.62. The smallest absolute Gasteiger partial charge is 0.308 e. The largest absolute Gasteiger partial charge is 0.469 e. The van der Waals surface area contributed by atoms with Gasteiger partial charge < -0.3 is 19.7 Å². The number of hydrogen-bond donors (Lipinski definition) is 1. The van der Waals surface area contributed by atoms with Crippen molar-refractivity contribution in [3.63, 3.8) is 0 Å². The van der Waals surface area contributed by atoms with E-state index in [0.717, 1.165) is 25.7 Å². The number of anilines is 2. The highest BCUT2D eigenvalue weighted by atomic mass is 19.3. The molecular formula is C24H28F2N6O3. The van der Waals surface area contributed by atoms with E-state index in [9.17, 15) is 13.6 Å². The predicted molar refractivity (Wildman–Crippen MR) is 126 cm³/mol. The minimum absolute atomic E-state index is 0.0890. The van der Waals surface area contributed by atoms with Crippen LogP contribution in [0.4, 0.5) is 20.5 Å². The number of para-hydroxylation sites is 2. The van der Waals surface area contributed by atoms with Crippen LogP contribution in [0.1, 0.15) is 37.9 Å². The van der Waals surface area contributed by atoms with Crippen molar-refractivity contribution >= 4 is 28.8 Å². The van der Waals surface area contributed by atoms with Gasteiger partial charge in [-0.1, -0.05) is 12.1 Å². The quantitative estimate of drug-likeness (QED) is 0.527. The second-order valence-electron chi connectivity index (χ2n) is 8.82. The number of morpholine rings is 1. The molecule has 0 bridgehead atoms. The number of hydrogen-bond acceptors (Lipinski definition) is 8. The molecule has 2 aliphatic rings. The average molecular weight is 487 g/mol. The van der Waals surface area contributed by atoms with Crippen molar-refractivity contribution in [2.45, 2.75) is 38.2 Å². The molecule has 0 unspecified atom stereocenters. The summed E-state index contributed by atoms with van der Waals surface area (Å²) in [5.41, 5.74) is 1.03. The van der Waals surface area contributed by atoms with Gasteiger partial charge in [-0.3, -0.25) is 9.36 Å². The zero-order valence-corrected chi connectivity index (χ0v) is 19.5. The third kappa shape index (κ3) is 4.90. The molecule has 186 valence electrons. The van der Waals surface area contributed by atoms with E-state index >= 15 is 0 Å².